The summed E-state index contributed by atoms with van der Waals surface area (Å²) < 4.78 is 11.8. The Labute approximate surface area is 152 Å². The number of benzene rings is 2. The quantitative estimate of drug-likeness (QED) is 0.661. The monoisotopic (exact) mass is 345 g/mol. The molecule has 1 aliphatic heterocycles. The van der Waals surface area contributed by atoms with Gasteiger partial charge in [-0.1, -0.05) is 18.2 Å². The third-order valence-corrected chi connectivity index (χ3v) is 3.93. The summed E-state index contributed by atoms with van der Waals surface area (Å²) in [7, 11) is 2.05. The highest BCUT2D eigenvalue weighted by atomic mass is 16.5. The van der Waals surface area contributed by atoms with E-state index in [2.05, 4.69) is 27.1 Å². The van der Waals surface area contributed by atoms with E-state index in [4.69, 9.17) is 9.47 Å². The molecule has 1 aromatic heterocycles. The van der Waals surface area contributed by atoms with Crippen LogP contribution in [0.5, 0.6) is 23.1 Å². The second kappa shape index (κ2) is 7.19. The molecule has 5 nitrogen and oxygen atoms in total. The van der Waals surface area contributed by atoms with Crippen LogP contribution in [0, 0.1) is 0 Å². The summed E-state index contributed by atoms with van der Waals surface area (Å²) in [5.41, 5.74) is 1.09. The predicted octanol–water partition coefficient (Wildman–Crippen LogP) is 4.85. The van der Waals surface area contributed by atoms with Gasteiger partial charge in [0, 0.05) is 49.5 Å². The summed E-state index contributed by atoms with van der Waals surface area (Å²) in [6.07, 6.45) is 5.80. The van der Waals surface area contributed by atoms with E-state index in [1.165, 1.54) is 0 Å². The highest BCUT2D eigenvalue weighted by molar-refractivity contribution is 5.54. The van der Waals surface area contributed by atoms with Gasteiger partial charge < -0.3 is 19.3 Å². The highest BCUT2D eigenvalue weighted by Crippen LogP contribution is 2.30. The summed E-state index contributed by atoms with van der Waals surface area (Å²) in [4.78, 5) is 8.45. The summed E-state index contributed by atoms with van der Waals surface area (Å²) >= 11 is 0. The predicted molar refractivity (Wildman–Crippen MR) is 102 cm³/mol. The minimum atomic E-state index is 0.552. The molecule has 0 spiro atoms. The van der Waals surface area contributed by atoms with Crippen molar-refractivity contribution in [1.29, 1.82) is 0 Å². The molecule has 2 aromatic carbocycles. The van der Waals surface area contributed by atoms with E-state index in [0.29, 0.717) is 17.4 Å². The number of aromatic nitrogens is 1. The van der Waals surface area contributed by atoms with Crippen molar-refractivity contribution in [1.82, 2.24) is 9.88 Å². The molecule has 0 bridgehead atoms. The number of nitrogens with zero attached hydrogens (tertiary/aromatic N) is 3. The lowest BCUT2D eigenvalue weighted by atomic mass is 10.2. The van der Waals surface area contributed by atoms with Crippen molar-refractivity contribution in [2.75, 3.05) is 18.6 Å². The number of hydrogen-bond donors (Lipinski definition) is 0. The Morgan fingerprint density at radius 3 is 2.31 bits per heavy atom. The minimum Gasteiger partial charge on any atom is -0.457 e. The van der Waals surface area contributed by atoms with Crippen LogP contribution < -0.4 is 14.4 Å². The molecule has 0 saturated heterocycles. The Hall–Kier alpha value is -3.47. The van der Waals surface area contributed by atoms with Gasteiger partial charge >= 0.3 is 0 Å². The number of hydrogen-bond acceptors (Lipinski definition) is 5. The van der Waals surface area contributed by atoms with E-state index in [1.807, 2.05) is 73.9 Å². The molecule has 130 valence electrons. The van der Waals surface area contributed by atoms with E-state index >= 15 is 0 Å². The molecule has 0 saturated carbocycles. The fourth-order valence-electron chi connectivity index (χ4n) is 2.69. The standard InChI is InChI=1S/C21H19N3O2/c1-23-12-13-24(16-23)17-6-4-7-18(14-17)25-19-8-5-9-20(15-19)26-21-10-2-3-11-22-21/h2-15H,16H2,1H3. The number of ether oxygens (including phenoxy) is 2. The van der Waals surface area contributed by atoms with Crippen LogP contribution in [0.15, 0.2) is 85.3 Å². The Bertz CT molecular complexity index is 912. The van der Waals surface area contributed by atoms with Crippen LogP contribution in [-0.4, -0.2) is 23.6 Å². The van der Waals surface area contributed by atoms with Gasteiger partial charge in [0.15, 0.2) is 0 Å². The Morgan fingerprint density at radius 1 is 0.808 bits per heavy atom. The number of rotatable bonds is 5. The first kappa shape index (κ1) is 16.0. The smallest absolute Gasteiger partial charge is 0.219 e. The van der Waals surface area contributed by atoms with Crippen LogP contribution in [0.1, 0.15) is 0 Å². The van der Waals surface area contributed by atoms with E-state index in [9.17, 15) is 0 Å². The second-order valence-corrected chi connectivity index (χ2v) is 6.01. The number of pyridine rings is 1. The largest absolute Gasteiger partial charge is 0.457 e. The van der Waals surface area contributed by atoms with Crippen molar-refractivity contribution >= 4 is 5.69 Å². The zero-order chi connectivity index (χ0) is 17.8. The zero-order valence-corrected chi connectivity index (χ0v) is 14.4. The van der Waals surface area contributed by atoms with Crippen LogP contribution in [0.3, 0.4) is 0 Å². The van der Waals surface area contributed by atoms with E-state index < -0.39 is 0 Å². The maximum absolute atomic E-state index is 6.02. The molecular weight excluding hydrogens is 326 g/mol. The Balaban J connectivity index is 1.49. The van der Waals surface area contributed by atoms with Crippen LogP contribution >= 0.6 is 0 Å². The topological polar surface area (TPSA) is 37.8 Å². The first-order chi connectivity index (χ1) is 12.8. The SMILES string of the molecule is CN1C=CN(c2cccc(Oc3cccc(Oc4ccccn4)c3)c2)C1. The fourth-order valence-corrected chi connectivity index (χ4v) is 2.69. The minimum absolute atomic E-state index is 0.552. The van der Waals surface area contributed by atoms with Gasteiger partial charge in [0.05, 0.1) is 6.67 Å². The summed E-state index contributed by atoms with van der Waals surface area (Å²) in [6.45, 7) is 0.830. The van der Waals surface area contributed by atoms with Gasteiger partial charge in [-0.2, -0.15) is 0 Å². The lowest BCUT2D eigenvalue weighted by Crippen LogP contribution is -2.21. The molecular formula is C21H19N3O2. The van der Waals surface area contributed by atoms with Crippen molar-refractivity contribution in [3.8, 4) is 23.1 Å². The molecule has 1 aliphatic rings. The van der Waals surface area contributed by atoms with Gasteiger partial charge in [0.25, 0.3) is 0 Å². The molecule has 0 N–H and O–H groups in total. The van der Waals surface area contributed by atoms with Gasteiger partial charge in [-0.3, -0.25) is 0 Å². The third-order valence-electron chi connectivity index (χ3n) is 3.93. The molecule has 5 heteroatoms. The molecule has 0 aliphatic carbocycles. The lowest BCUT2D eigenvalue weighted by Gasteiger charge is -2.19. The van der Waals surface area contributed by atoms with Crippen LogP contribution in [0.4, 0.5) is 5.69 Å². The average molecular weight is 345 g/mol. The molecule has 3 aromatic rings. The van der Waals surface area contributed by atoms with Crippen molar-refractivity contribution in [2.45, 2.75) is 0 Å². The summed E-state index contributed by atoms with van der Waals surface area (Å²) in [5, 5.41) is 0. The molecule has 0 unspecified atom stereocenters. The molecule has 0 amide bonds. The molecule has 26 heavy (non-hydrogen) atoms. The van der Waals surface area contributed by atoms with E-state index in [-0.39, 0.29) is 0 Å². The molecule has 0 fully saturated rings. The van der Waals surface area contributed by atoms with Gasteiger partial charge in [-0.05, 0) is 30.3 Å². The van der Waals surface area contributed by atoms with Gasteiger partial charge in [0.1, 0.15) is 17.2 Å². The number of anilines is 1. The van der Waals surface area contributed by atoms with Crippen LogP contribution in [-0.2, 0) is 0 Å². The van der Waals surface area contributed by atoms with Gasteiger partial charge in [-0.15, -0.1) is 0 Å². The highest BCUT2D eigenvalue weighted by Gasteiger charge is 2.11. The lowest BCUT2D eigenvalue weighted by molar-refractivity contribution is 0.449. The maximum Gasteiger partial charge on any atom is 0.219 e. The normalized spacial score (nSPS) is 13.1. The maximum atomic E-state index is 6.02. The molecule has 0 radical (unpaired) electrons. The summed E-state index contributed by atoms with van der Waals surface area (Å²) in [5.74, 6) is 2.73. The van der Waals surface area contributed by atoms with Crippen molar-refractivity contribution < 1.29 is 9.47 Å². The van der Waals surface area contributed by atoms with Gasteiger partial charge in [-0.25, -0.2) is 4.98 Å². The first-order valence-electron chi connectivity index (χ1n) is 8.38. The van der Waals surface area contributed by atoms with Crippen molar-refractivity contribution in [3.63, 3.8) is 0 Å². The third kappa shape index (κ3) is 3.78. The molecule has 4 rings (SSSR count). The van der Waals surface area contributed by atoms with E-state index in [1.54, 1.807) is 6.20 Å². The molecule has 2 heterocycles. The zero-order valence-electron chi connectivity index (χ0n) is 14.4. The average Bonchev–Trinajstić information content (AvgIpc) is 3.10. The van der Waals surface area contributed by atoms with Gasteiger partial charge in [0.2, 0.25) is 5.88 Å². The Kier molecular flexibility index (Phi) is 4.43. The van der Waals surface area contributed by atoms with Crippen LogP contribution in [0.25, 0.3) is 0 Å². The second-order valence-electron chi connectivity index (χ2n) is 6.01. The fraction of sp³-hybridized carbons (Fsp3) is 0.0952. The van der Waals surface area contributed by atoms with Crippen molar-refractivity contribution in [3.05, 3.63) is 85.3 Å². The van der Waals surface area contributed by atoms with Crippen LogP contribution in [0.2, 0.25) is 0 Å². The van der Waals surface area contributed by atoms with Crippen molar-refractivity contribution in [2.24, 2.45) is 0 Å². The molecule has 0 atom stereocenters. The first-order valence-corrected chi connectivity index (χ1v) is 8.38. The van der Waals surface area contributed by atoms with E-state index in [0.717, 1.165) is 18.1 Å². The summed E-state index contributed by atoms with van der Waals surface area (Å²) in [6, 6.07) is 21.1. The Morgan fingerprint density at radius 2 is 1.58 bits per heavy atom.